The van der Waals surface area contributed by atoms with E-state index in [0.717, 1.165) is 67.1 Å². The summed E-state index contributed by atoms with van der Waals surface area (Å²) in [7, 11) is 14.0. The fraction of sp³-hybridized carbons (Fsp3) is 0.500. The number of H-pyrrole nitrogens is 2. The summed E-state index contributed by atoms with van der Waals surface area (Å²) in [4.78, 5) is 38.3. The van der Waals surface area contributed by atoms with Gasteiger partial charge >= 0.3 is 0 Å². The Bertz CT molecular complexity index is 2560. The highest BCUT2D eigenvalue weighted by Gasteiger charge is 2.38. The van der Waals surface area contributed by atoms with Gasteiger partial charge in [-0.2, -0.15) is 0 Å². The lowest BCUT2D eigenvalue weighted by Crippen LogP contribution is -2.35. The van der Waals surface area contributed by atoms with Crippen LogP contribution in [0.2, 0.25) is 0 Å². The molecule has 0 radical (unpaired) electrons. The third kappa shape index (κ3) is 11.5. The molecule has 0 saturated heterocycles. The van der Waals surface area contributed by atoms with Crippen LogP contribution in [0.15, 0.2) is 73.9 Å². The van der Waals surface area contributed by atoms with Crippen molar-refractivity contribution in [2.45, 2.75) is 24.7 Å². The first-order valence-electron chi connectivity index (χ1n) is 26.3. The van der Waals surface area contributed by atoms with Crippen molar-refractivity contribution in [2.75, 3.05) is 162 Å². The smallest absolute Gasteiger partial charge is 0.132 e. The first kappa shape index (κ1) is 54.4. The third-order valence-corrected chi connectivity index (χ3v) is 14.7. The van der Waals surface area contributed by atoms with Crippen LogP contribution in [0.1, 0.15) is 69.7 Å². The third-order valence-electron chi connectivity index (χ3n) is 14.7. The van der Waals surface area contributed by atoms with Crippen LogP contribution >= 0.6 is 0 Å². The Morgan fingerprint density at radius 1 is 0.303 bits per heavy atom. The molecule has 9 heterocycles. The molecule has 9 rings (SSSR count). The summed E-state index contributed by atoms with van der Waals surface area (Å²) in [5.41, 5.74) is 11.1. The highest BCUT2D eigenvalue weighted by Crippen LogP contribution is 2.43. The van der Waals surface area contributed by atoms with Crippen LogP contribution in [0, 0.1) is 0 Å². The van der Waals surface area contributed by atoms with Gasteiger partial charge in [-0.25, -0.2) is 9.97 Å². The maximum Gasteiger partial charge on any atom is 0.132 e. The van der Waals surface area contributed by atoms with Gasteiger partial charge in [-0.1, -0.05) is 0 Å². The standard InChI is InChI=1S/C56H78N12O8/c1-69-33-25-61-17-18-62(26-34-70-2)53(61)49-41-9-11-43(57-41)50(54-63(27-35-71-3)19-20-64(54)28-36-72-4)45-13-15-47(59-45)52(56-67(31-39-75-7)23-24-68(56)32-40-76-8)48-16-14-46(60-48)51(44-12-10-42(49)58-44)55-65(29-37-73-5)21-22-66(55)30-38-74-6/h9-24,53-58H,25-40H2,1-8H3. The van der Waals surface area contributed by atoms with E-state index in [-0.39, 0.29) is 24.7 Å². The zero-order valence-electron chi connectivity index (χ0n) is 45.6. The molecule has 0 amide bonds. The second-order valence-electron chi connectivity index (χ2n) is 19.2. The number of ether oxygens (including phenoxy) is 8. The van der Waals surface area contributed by atoms with Gasteiger partial charge in [0.05, 0.1) is 75.6 Å². The van der Waals surface area contributed by atoms with E-state index in [1.165, 1.54) is 0 Å². The Morgan fingerprint density at radius 2 is 0.500 bits per heavy atom. The second-order valence-corrected chi connectivity index (χ2v) is 19.2. The average Bonchev–Trinajstić information content (AvgIpc) is 4.36. The van der Waals surface area contributed by atoms with Gasteiger partial charge in [-0.3, -0.25) is 0 Å². The Kier molecular flexibility index (Phi) is 18.7. The molecule has 0 aliphatic carbocycles. The molecule has 3 aromatic heterocycles. The summed E-state index contributed by atoms with van der Waals surface area (Å²) >= 11 is 0. The monoisotopic (exact) mass is 1050 g/mol. The summed E-state index contributed by atoms with van der Waals surface area (Å²) in [5, 5.41) is 0. The van der Waals surface area contributed by atoms with Gasteiger partial charge in [0, 0.05) is 203 Å². The Morgan fingerprint density at radius 3 is 0.737 bits per heavy atom. The number of aromatic amines is 2. The van der Waals surface area contributed by atoms with Crippen molar-refractivity contribution in [1.29, 1.82) is 0 Å². The van der Waals surface area contributed by atoms with Gasteiger partial charge < -0.3 is 87.1 Å². The minimum Gasteiger partial charge on any atom is -0.383 e. The largest absolute Gasteiger partial charge is 0.383 e. The fourth-order valence-electron chi connectivity index (χ4n) is 11.0. The summed E-state index contributed by atoms with van der Waals surface area (Å²) in [6.45, 7) is 9.52. The van der Waals surface area contributed by atoms with Crippen LogP contribution in [-0.4, -0.2) is 221 Å². The first-order chi connectivity index (χ1) is 37.4. The number of nitrogens with zero attached hydrogens (tertiary/aromatic N) is 10. The van der Waals surface area contributed by atoms with Crippen molar-refractivity contribution in [1.82, 2.24) is 59.1 Å². The molecule has 0 saturated carbocycles. The highest BCUT2D eigenvalue weighted by molar-refractivity contribution is 5.84. The number of rotatable bonds is 28. The van der Waals surface area contributed by atoms with E-state index < -0.39 is 0 Å². The minimum atomic E-state index is -0.288. The van der Waals surface area contributed by atoms with E-state index in [0.29, 0.717) is 105 Å². The molecular weight excluding hydrogens is 969 g/mol. The molecule has 0 atom stereocenters. The SMILES string of the molecule is COCCN1C=CN(CCOC)C1c1c2nc(c(C3N(CCOC)C=CN3CCOC)c3ccc([nH]3)c(C3N(CCOC)C=CN3CCOC)c3ccc([nH]3)c(C3N(CCOC)C=CN3CCOC)c3nc1C=C3)C=C2. The van der Waals surface area contributed by atoms with Gasteiger partial charge in [0.25, 0.3) is 0 Å². The number of aromatic nitrogens is 4. The molecule has 6 aliphatic rings. The molecule has 3 aromatic rings. The van der Waals surface area contributed by atoms with Crippen LogP contribution in [0.5, 0.6) is 0 Å². The Balaban J connectivity index is 1.41. The van der Waals surface area contributed by atoms with E-state index in [2.05, 4.69) is 147 Å². The van der Waals surface area contributed by atoms with Gasteiger partial charge in [0.15, 0.2) is 0 Å². The molecule has 20 heteroatoms. The highest BCUT2D eigenvalue weighted by atomic mass is 16.5. The first-order valence-corrected chi connectivity index (χ1v) is 26.3. The van der Waals surface area contributed by atoms with E-state index in [1.807, 2.05) is 0 Å². The predicted octanol–water partition coefficient (Wildman–Crippen LogP) is 6.18. The molecular formula is C56H78N12O8. The summed E-state index contributed by atoms with van der Waals surface area (Å²) in [6, 6.07) is 8.85. The van der Waals surface area contributed by atoms with Crippen LogP contribution < -0.4 is 0 Å². The normalized spacial score (nSPS) is 16.9. The Hall–Kier alpha value is -6.36. The molecule has 0 aromatic carbocycles. The van der Waals surface area contributed by atoms with Crippen molar-refractivity contribution in [3.05, 3.63) is 119 Å². The number of methoxy groups -OCH3 is 8. The van der Waals surface area contributed by atoms with Crippen molar-refractivity contribution < 1.29 is 37.9 Å². The predicted molar refractivity (Wildman–Crippen MR) is 295 cm³/mol. The van der Waals surface area contributed by atoms with Crippen molar-refractivity contribution >= 4 is 46.4 Å². The number of hydrogen-bond donors (Lipinski definition) is 2. The lowest BCUT2D eigenvalue weighted by molar-refractivity contribution is 0.0885. The van der Waals surface area contributed by atoms with E-state index >= 15 is 0 Å². The van der Waals surface area contributed by atoms with E-state index in [1.54, 1.807) is 56.9 Å². The number of fused-ring (bicyclic) bond motifs is 8. The van der Waals surface area contributed by atoms with Crippen LogP contribution in [0.25, 0.3) is 46.4 Å². The van der Waals surface area contributed by atoms with Gasteiger partial charge in [0.1, 0.15) is 24.7 Å². The van der Waals surface area contributed by atoms with Gasteiger partial charge in [0.2, 0.25) is 0 Å². The van der Waals surface area contributed by atoms with Crippen LogP contribution in [-0.2, 0) is 37.9 Å². The van der Waals surface area contributed by atoms with Gasteiger partial charge in [-0.05, 0) is 48.6 Å². The summed E-state index contributed by atoms with van der Waals surface area (Å²) < 4.78 is 45.8. The molecule has 0 fully saturated rings. The molecule has 8 bridgehead atoms. The number of hydrogen-bond acceptors (Lipinski definition) is 18. The van der Waals surface area contributed by atoms with Crippen molar-refractivity contribution in [2.24, 2.45) is 0 Å². The Labute approximate surface area is 447 Å². The average molecular weight is 1050 g/mol. The zero-order chi connectivity index (χ0) is 53.0. The lowest BCUT2D eigenvalue weighted by atomic mass is 10.1. The van der Waals surface area contributed by atoms with E-state index in [4.69, 9.17) is 47.9 Å². The fourth-order valence-corrected chi connectivity index (χ4v) is 11.0. The molecule has 76 heavy (non-hydrogen) atoms. The number of nitrogens with one attached hydrogen (secondary N) is 2. The quantitative estimate of drug-likeness (QED) is 0.0585. The minimum absolute atomic E-state index is 0.241. The lowest BCUT2D eigenvalue weighted by Gasteiger charge is -2.34. The molecule has 6 aliphatic heterocycles. The summed E-state index contributed by atoms with van der Waals surface area (Å²) in [6.07, 6.45) is 24.8. The molecule has 410 valence electrons. The second kappa shape index (κ2) is 26.1. The molecule has 2 N–H and O–H groups in total. The molecule has 20 nitrogen and oxygen atoms in total. The van der Waals surface area contributed by atoms with Crippen LogP contribution in [0.4, 0.5) is 0 Å². The summed E-state index contributed by atoms with van der Waals surface area (Å²) in [5.74, 6) is 0. The van der Waals surface area contributed by atoms with E-state index in [9.17, 15) is 0 Å². The maximum atomic E-state index is 5.76. The molecule has 0 spiro atoms. The van der Waals surface area contributed by atoms with Gasteiger partial charge in [-0.15, -0.1) is 0 Å². The zero-order valence-corrected chi connectivity index (χ0v) is 45.6. The van der Waals surface area contributed by atoms with Crippen molar-refractivity contribution in [3.8, 4) is 0 Å². The van der Waals surface area contributed by atoms with Crippen LogP contribution in [0.3, 0.4) is 0 Å². The topological polar surface area (TPSA) is 157 Å². The maximum absolute atomic E-state index is 5.76. The molecule has 0 unspecified atom stereocenters. The van der Waals surface area contributed by atoms with Crippen molar-refractivity contribution in [3.63, 3.8) is 0 Å².